The van der Waals surface area contributed by atoms with Crippen LogP contribution in [0, 0.1) is 23.2 Å². The summed E-state index contributed by atoms with van der Waals surface area (Å²) in [5.41, 5.74) is -3.98. The Balaban J connectivity index is 2.10. The molecule has 0 radical (unpaired) electrons. The van der Waals surface area contributed by atoms with Crippen LogP contribution in [0.25, 0.3) is 0 Å². The second kappa shape index (κ2) is 5.60. The fourth-order valence-electron chi connectivity index (χ4n) is 5.46. The summed E-state index contributed by atoms with van der Waals surface area (Å²) in [5.74, 6) is 0.672. The van der Waals surface area contributed by atoms with Crippen LogP contribution in [0.3, 0.4) is 0 Å². The van der Waals surface area contributed by atoms with E-state index in [2.05, 4.69) is 15.9 Å². The molecule has 2 atom stereocenters. The predicted octanol–water partition coefficient (Wildman–Crippen LogP) is 3.31. The van der Waals surface area contributed by atoms with Crippen LogP contribution in [0.4, 0.5) is 13.6 Å². The van der Waals surface area contributed by atoms with Crippen LogP contribution >= 0.6 is 15.9 Å². The number of carbonyl (C=O) groups is 1. The predicted molar refractivity (Wildman–Crippen MR) is 80.2 cm³/mol. The van der Waals surface area contributed by atoms with Gasteiger partial charge in [0.2, 0.25) is 5.72 Å². The van der Waals surface area contributed by atoms with E-state index < -0.39 is 33.4 Å². The molecule has 0 spiro atoms. The zero-order chi connectivity index (χ0) is 17.0. The van der Waals surface area contributed by atoms with Gasteiger partial charge in [0.25, 0.3) is 0 Å². The zero-order valence-electron chi connectivity index (χ0n) is 12.1. The van der Waals surface area contributed by atoms with Crippen molar-refractivity contribution < 1.29 is 31.6 Å². The second-order valence-electron chi connectivity index (χ2n) is 7.11. The van der Waals surface area contributed by atoms with Gasteiger partial charge in [-0.1, -0.05) is 0 Å². The fourth-order valence-corrected chi connectivity index (χ4v) is 6.70. The number of rotatable bonds is 5. The Hall–Kier alpha value is -0.320. The first-order valence-corrected chi connectivity index (χ1v) is 9.27. The summed E-state index contributed by atoms with van der Waals surface area (Å²) < 4.78 is 54.1. The van der Waals surface area contributed by atoms with Crippen LogP contribution in [0.2, 0.25) is 0 Å². The Morgan fingerprint density at radius 3 is 1.96 bits per heavy atom. The van der Waals surface area contributed by atoms with E-state index >= 15 is 0 Å². The number of hydrogen-bond acceptors (Lipinski definition) is 3. The highest BCUT2D eigenvalue weighted by Gasteiger charge is 2.72. The van der Waals surface area contributed by atoms with E-state index in [1.165, 1.54) is 0 Å². The summed E-state index contributed by atoms with van der Waals surface area (Å²) in [4.78, 5) is 7.38. The molecular formula is C13H18BrF2NO5S. The molecule has 4 rings (SSSR count). The smallest absolute Gasteiger partial charge is 0.407 e. The molecule has 0 aromatic carbocycles. The average Bonchev–Trinajstić information content (AvgIpc) is 2.33. The molecule has 4 aliphatic carbocycles. The van der Waals surface area contributed by atoms with Gasteiger partial charge in [-0.3, -0.25) is 9.87 Å². The summed E-state index contributed by atoms with van der Waals surface area (Å²) in [6.07, 6.45) is 2.19. The summed E-state index contributed by atoms with van der Waals surface area (Å²) >= 11 is -0.827. The van der Waals surface area contributed by atoms with Gasteiger partial charge in [-0.05, 0) is 72.2 Å². The largest absolute Gasteiger partial charge is 0.465 e. The van der Waals surface area contributed by atoms with Crippen molar-refractivity contribution in [3.05, 3.63) is 0 Å². The van der Waals surface area contributed by atoms with Crippen LogP contribution in [-0.4, -0.2) is 30.5 Å². The van der Waals surface area contributed by atoms with Crippen molar-refractivity contribution in [3.63, 3.8) is 0 Å². The van der Waals surface area contributed by atoms with E-state index in [1.54, 1.807) is 5.32 Å². The van der Waals surface area contributed by atoms with Crippen LogP contribution in [0.15, 0.2) is 0 Å². The standard InChI is InChI=1S/C13H18BrF2NO5S/c14-13(15,16)12(17-10(18)19,22-23(20)21)11-4-7-1-8(5-11)3-9(2-7)6-11/h7-9,17H,1-6H2,(H,18,19)(H,20,21). The minimum atomic E-state index is -3.83. The van der Waals surface area contributed by atoms with Gasteiger partial charge < -0.3 is 5.11 Å². The topological polar surface area (TPSA) is 95.9 Å². The van der Waals surface area contributed by atoms with Crippen molar-refractivity contribution in [2.45, 2.75) is 49.1 Å². The molecule has 4 bridgehead atoms. The van der Waals surface area contributed by atoms with Crippen LogP contribution in [-0.2, 0) is 15.5 Å². The number of carboxylic acid groups (broad SMARTS) is 1. The van der Waals surface area contributed by atoms with E-state index in [4.69, 9.17) is 13.8 Å². The molecule has 6 nitrogen and oxygen atoms in total. The monoisotopic (exact) mass is 417 g/mol. The Morgan fingerprint density at radius 1 is 1.22 bits per heavy atom. The SMILES string of the molecule is O=C(O)NC(OS(=O)O)(C(F)(F)Br)C12CC3CC(CC(C3)C1)C2. The van der Waals surface area contributed by atoms with Crippen LogP contribution < -0.4 is 5.32 Å². The molecule has 10 heteroatoms. The van der Waals surface area contributed by atoms with Gasteiger partial charge in [0.05, 0.1) is 0 Å². The van der Waals surface area contributed by atoms with Crippen LogP contribution in [0.1, 0.15) is 38.5 Å². The molecule has 23 heavy (non-hydrogen) atoms. The van der Waals surface area contributed by atoms with Gasteiger partial charge in [0.1, 0.15) is 0 Å². The van der Waals surface area contributed by atoms with Gasteiger partial charge in [-0.25, -0.2) is 8.98 Å². The molecule has 0 heterocycles. The third kappa shape index (κ3) is 2.81. The first-order valence-electron chi connectivity index (χ1n) is 7.45. The van der Waals surface area contributed by atoms with E-state index in [0.29, 0.717) is 19.3 Å². The minimum Gasteiger partial charge on any atom is -0.465 e. The van der Waals surface area contributed by atoms with E-state index in [0.717, 1.165) is 19.3 Å². The molecule has 0 aromatic rings. The molecule has 3 N–H and O–H groups in total. The second-order valence-corrected chi connectivity index (χ2v) is 8.70. The number of nitrogens with one attached hydrogen (secondary N) is 1. The van der Waals surface area contributed by atoms with Crippen molar-refractivity contribution in [1.29, 1.82) is 0 Å². The molecule has 132 valence electrons. The minimum absolute atomic E-state index is 0.224. The van der Waals surface area contributed by atoms with Crippen molar-refractivity contribution in [3.8, 4) is 0 Å². The third-order valence-corrected chi connectivity index (χ3v) is 6.61. The molecule has 2 unspecified atom stereocenters. The Morgan fingerprint density at radius 2 is 1.65 bits per heavy atom. The Labute approximate surface area is 143 Å². The van der Waals surface area contributed by atoms with E-state index in [-0.39, 0.29) is 17.8 Å². The third-order valence-electron chi connectivity index (χ3n) is 5.66. The lowest BCUT2D eigenvalue weighted by molar-refractivity contribution is -0.236. The highest BCUT2D eigenvalue weighted by molar-refractivity contribution is 9.10. The molecule has 0 saturated heterocycles. The maximum absolute atomic E-state index is 14.5. The highest BCUT2D eigenvalue weighted by Crippen LogP contribution is 2.67. The lowest BCUT2D eigenvalue weighted by Crippen LogP contribution is -2.72. The molecule has 4 fully saturated rings. The summed E-state index contributed by atoms with van der Waals surface area (Å²) in [5, 5.41) is 10.9. The van der Waals surface area contributed by atoms with Crippen molar-refractivity contribution in [2.75, 3.05) is 0 Å². The first-order chi connectivity index (χ1) is 10.6. The van der Waals surface area contributed by atoms with Gasteiger partial charge in [0.15, 0.2) is 0 Å². The van der Waals surface area contributed by atoms with Crippen molar-refractivity contribution in [2.24, 2.45) is 23.2 Å². The van der Waals surface area contributed by atoms with E-state index in [1.807, 2.05) is 0 Å². The van der Waals surface area contributed by atoms with E-state index in [9.17, 15) is 17.8 Å². The zero-order valence-corrected chi connectivity index (χ0v) is 14.5. The van der Waals surface area contributed by atoms with Crippen LogP contribution in [0.5, 0.6) is 0 Å². The van der Waals surface area contributed by atoms with Gasteiger partial charge >= 0.3 is 22.3 Å². The highest BCUT2D eigenvalue weighted by atomic mass is 79.9. The molecule has 4 saturated carbocycles. The number of amides is 1. The van der Waals surface area contributed by atoms with Crippen molar-refractivity contribution >= 4 is 33.4 Å². The summed E-state index contributed by atoms with van der Waals surface area (Å²) in [6.45, 7) is 0. The van der Waals surface area contributed by atoms with Gasteiger partial charge in [-0.15, -0.1) is 0 Å². The Kier molecular flexibility index (Phi) is 4.26. The summed E-state index contributed by atoms with van der Waals surface area (Å²) in [6, 6.07) is 0. The van der Waals surface area contributed by atoms with Gasteiger partial charge in [0, 0.05) is 5.41 Å². The van der Waals surface area contributed by atoms with Gasteiger partial charge in [-0.2, -0.15) is 13.0 Å². The average molecular weight is 418 g/mol. The van der Waals surface area contributed by atoms with Crippen molar-refractivity contribution in [1.82, 2.24) is 5.32 Å². The first kappa shape index (κ1) is 17.5. The fraction of sp³-hybridized carbons (Fsp3) is 0.923. The molecular weight excluding hydrogens is 400 g/mol. The lowest BCUT2D eigenvalue weighted by atomic mass is 9.46. The number of halogens is 3. The molecule has 1 amide bonds. The summed E-state index contributed by atoms with van der Waals surface area (Å²) in [7, 11) is 0. The molecule has 0 aliphatic heterocycles. The quantitative estimate of drug-likeness (QED) is 0.362. The normalized spacial score (nSPS) is 39.7. The Bertz CT molecular complexity index is 490. The number of alkyl halides is 3. The lowest BCUT2D eigenvalue weighted by Gasteiger charge is -2.62. The molecule has 4 aliphatic rings. The number of hydrogen-bond donors (Lipinski definition) is 3. The maximum Gasteiger partial charge on any atom is 0.407 e. The maximum atomic E-state index is 14.5. The molecule has 0 aromatic heterocycles.